The van der Waals surface area contributed by atoms with Gasteiger partial charge in [-0.2, -0.15) is 0 Å². The first-order valence-corrected chi connectivity index (χ1v) is 13.6. The second-order valence-corrected chi connectivity index (χ2v) is 10.0. The van der Waals surface area contributed by atoms with E-state index in [-0.39, 0.29) is 24.3 Å². The maximum absolute atomic E-state index is 14.1. The minimum Gasteiger partial charge on any atom is -0.370 e. The Morgan fingerprint density at radius 1 is 0.721 bits per heavy atom. The summed E-state index contributed by atoms with van der Waals surface area (Å²) in [5.74, 6) is -1.55. The van der Waals surface area contributed by atoms with Crippen molar-refractivity contribution in [3.63, 3.8) is 0 Å². The highest BCUT2D eigenvalue weighted by Gasteiger charge is 2.31. The molecular formula is C33H35N7O3. The van der Waals surface area contributed by atoms with Crippen LogP contribution in [0.25, 0.3) is 0 Å². The fraction of sp³-hybridized carbons (Fsp3) is 0.152. The fourth-order valence-corrected chi connectivity index (χ4v) is 4.70. The van der Waals surface area contributed by atoms with Gasteiger partial charge in [0.05, 0.1) is 5.92 Å². The number of hydrogen-bond acceptors (Lipinski definition) is 4. The fourth-order valence-electron chi connectivity index (χ4n) is 4.70. The normalized spacial score (nSPS) is 11.3. The number of nitrogens with zero attached hydrogens (tertiary/aromatic N) is 2. The number of urea groups is 1. The second-order valence-electron chi connectivity index (χ2n) is 10.0. The van der Waals surface area contributed by atoms with E-state index >= 15 is 0 Å². The number of likely N-dealkylation sites (N-methyl/N-ethyl adjacent to an activating group) is 1. The van der Waals surface area contributed by atoms with Crippen molar-refractivity contribution in [3.05, 3.63) is 131 Å². The number of carbonyl (C=O) groups is 3. The summed E-state index contributed by atoms with van der Waals surface area (Å²) < 4.78 is 0. The highest BCUT2D eigenvalue weighted by molar-refractivity contribution is 6.01. The minimum absolute atomic E-state index is 0.166. The van der Waals surface area contributed by atoms with Gasteiger partial charge >= 0.3 is 6.03 Å². The van der Waals surface area contributed by atoms with Crippen LogP contribution in [0.4, 0.5) is 16.2 Å². The average Bonchev–Trinajstić information content (AvgIpc) is 3.03. The van der Waals surface area contributed by atoms with Gasteiger partial charge in [0.1, 0.15) is 6.04 Å². The molecule has 10 heteroatoms. The number of nitrogens with two attached hydrogens (primary N) is 2. The summed E-state index contributed by atoms with van der Waals surface area (Å²) >= 11 is 0. The van der Waals surface area contributed by atoms with E-state index in [4.69, 9.17) is 16.9 Å². The van der Waals surface area contributed by atoms with Crippen LogP contribution < -0.4 is 31.9 Å². The van der Waals surface area contributed by atoms with Crippen molar-refractivity contribution >= 4 is 35.2 Å². The molecule has 0 aliphatic heterocycles. The van der Waals surface area contributed by atoms with E-state index in [2.05, 4.69) is 10.6 Å². The third-order valence-corrected chi connectivity index (χ3v) is 7.13. The summed E-state index contributed by atoms with van der Waals surface area (Å²) in [6.45, 7) is 0.253. The molecule has 4 aromatic rings. The molecule has 43 heavy (non-hydrogen) atoms. The summed E-state index contributed by atoms with van der Waals surface area (Å²) in [6.07, 6.45) is 0. The Labute approximate surface area is 250 Å². The van der Waals surface area contributed by atoms with Gasteiger partial charge in [0.15, 0.2) is 5.96 Å². The summed E-state index contributed by atoms with van der Waals surface area (Å²) in [6, 6.07) is 31.2. The molecule has 0 saturated carbocycles. The first-order valence-electron chi connectivity index (χ1n) is 13.6. The minimum atomic E-state index is -1.07. The molecule has 4 amide bonds. The predicted molar refractivity (Wildman–Crippen MR) is 169 cm³/mol. The highest BCUT2D eigenvalue weighted by Crippen LogP contribution is 2.29. The Morgan fingerprint density at radius 2 is 1.28 bits per heavy atom. The molecule has 220 valence electrons. The molecule has 1 atom stereocenters. The van der Waals surface area contributed by atoms with Gasteiger partial charge in [-0.3, -0.25) is 15.0 Å². The van der Waals surface area contributed by atoms with Crippen LogP contribution in [0.3, 0.4) is 0 Å². The van der Waals surface area contributed by atoms with Crippen molar-refractivity contribution in [3.8, 4) is 0 Å². The van der Waals surface area contributed by atoms with Crippen molar-refractivity contribution in [2.75, 3.05) is 23.9 Å². The second kappa shape index (κ2) is 13.8. The molecule has 4 aromatic carbocycles. The third-order valence-electron chi connectivity index (χ3n) is 7.13. The van der Waals surface area contributed by atoms with Crippen LogP contribution in [-0.2, 0) is 16.1 Å². The summed E-state index contributed by atoms with van der Waals surface area (Å²) in [5, 5.41) is 13.4. The maximum atomic E-state index is 14.1. The van der Waals surface area contributed by atoms with E-state index in [0.717, 1.165) is 16.7 Å². The van der Waals surface area contributed by atoms with Crippen molar-refractivity contribution in [1.29, 1.82) is 5.41 Å². The zero-order valence-corrected chi connectivity index (χ0v) is 24.0. The molecule has 0 aromatic heterocycles. The number of carbonyl (C=O) groups excluding carboxylic acids is 3. The molecule has 4 rings (SSSR count). The molecule has 10 nitrogen and oxygen atoms in total. The highest BCUT2D eigenvalue weighted by atomic mass is 16.2. The van der Waals surface area contributed by atoms with Gasteiger partial charge in [0, 0.05) is 32.0 Å². The van der Waals surface area contributed by atoms with Gasteiger partial charge in [-0.1, -0.05) is 84.9 Å². The van der Waals surface area contributed by atoms with Crippen LogP contribution in [0.1, 0.15) is 34.2 Å². The zero-order chi connectivity index (χ0) is 30.9. The Bertz CT molecular complexity index is 1540. The summed E-state index contributed by atoms with van der Waals surface area (Å²) in [7, 11) is 3.29. The first-order chi connectivity index (χ1) is 20.7. The van der Waals surface area contributed by atoms with Crippen LogP contribution in [0, 0.1) is 5.41 Å². The molecule has 0 bridgehead atoms. The molecule has 0 radical (unpaired) electrons. The molecule has 0 spiro atoms. The largest absolute Gasteiger partial charge is 0.370 e. The van der Waals surface area contributed by atoms with E-state index in [9.17, 15) is 14.4 Å². The lowest BCUT2D eigenvalue weighted by Gasteiger charge is -2.28. The van der Waals surface area contributed by atoms with Crippen molar-refractivity contribution < 1.29 is 14.4 Å². The lowest BCUT2D eigenvalue weighted by atomic mass is 9.90. The average molecular weight is 578 g/mol. The van der Waals surface area contributed by atoms with E-state index in [1.807, 2.05) is 60.7 Å². The van der Waals surface area contributed by atoms with Crippen LogP contribution in [-0.4, -0.2) is 37.9 Å². The maximum Gasteiger partial charge on any atom is 0.312 e. The molecule has 1 unspecified atom stereocenters. The van der Waals surface area contributed by atoms with Gasteiger partial charge in [-0.05, 0) is 46.5 Å². The Kier molecular flexibility index (Phi) is 9.74. The number of anilines is 2. The number of guanidine groups is 1. The standard InChI is InChI=1S/C33H35N7O3/c1-39(26-18-16-22(17-19-26)21-37-33(36)43)31(42)29(25-14-9-15-27(20-25)40(2)32(34)35)38-30(41)28(23-10-5-3-6-11-23)24-12-7-4-8-13-24/h3-20,28-29H,21H2,1-2H3,(H3,34,35)(H,38,41)(H3,36,37,43). The smallest absolute Gasteiger partial charge is 0.312 e. The van der Waals surface area contributed by atoms with Crippen LogP contribution >= 0.6 is 0 Å². The third kappa shape index (κ3) is 7.56. The van der Waals surface area contributed by atoms with Crippen LogP contribution in [0.2, 0.25) is 0 Å². The van der Waals surface area contributed by atoms with E-state index in [0.29, 0.717) is 16.9 Å². The lowest BCUT2D eigenvalue weighted by Crippen LogP contribution is -2.43. The molecule has 0 fully saturated rings. The Hall–Kier alpha value is -5.64. The summed E-state index contributed by atoms with van der Waals surface area (Å²) in [4.78, 5) is 42.3. The molecule has 0 saturated heterocycles. The number of hydrogen-bond donors (Lipinski definition) is 5. The van der Waals surface area contributed by atoms with Crippen LogP contribution in [0.5, 0.6) is 0 Å². The molecule has 0 heterocycles. The number of primary amides is 1. The molecule has 7 N–H and O–H groups in total. The number of rotatable bonds is 10. The van der Waals surface area contributed by atoms with Crippen molar-refractivity contribution in [1.82, 2.24) is 10.6 Å². The quantitative estimate of drug-likeness (QED) is 0.143. The van der Waals surface area contributed by atoms with Gasteiger partial charge < -0.3 is 31.9 Å². The molecular weight excluding hydrogens is 542 g/mol. The van der Waals surface area contributed by atoms with Gasteiger partial charge in [0.2, 0.25) is 5.91 Å². The number of nitrogens with one attached hydrogen (secondary N) is 3. The lowest BCUT2D eigenvalue weighted by molar-refractivity contribution is -0.128. The van der Waals surface area contributed by atoms with E-state index in [1.54, 1.807) is 62.6 Å². The number of benzene rings is 4. The van der Waals surface area contributed by atoms with Crippen LogP contribution in [0.15, 0.2) is 109 Å². The predicted octanol–water partition coefficient (Wildman–Crippen LogP) is 3.84. The van der Waals surface area contributed by atoms with E-state index in [1.165, 1.54) is 9.80 Å². The number of amides is 4. The Balaban J connectivity index is 1.71. The molecule has 0 aliphatic carbocycles. The van der Waals surface area contributed by atoms with E-state index < -0.39 is 18.0 Å². The van der Waals surface area contributed by atoms with Gasteiger partial charge in [-0.25, -0.2) is 4.79 Å². The van der Waals surface area contributed by atoms with Gasteiger partial charge in [-0.15, -0.1) is 0 Å². The Morgan fingerprint density at radius 3 is 1.81 bits per heavy atom. The monoisotopic (exact) mass is 577 g/mol. The van der Waals surface area contributed by atoms with Crippen molar-refractivity contribution in [2.24, 2.45) is 11.5 Å². The SMILES string of the molecule is CN(C(=N)N)c1cccc(C(NC(=O)C(c2ccccc2)c2ccccc2)C(=O)N(C)c2ccc(CNC(N)=O)cc2)c1. The van der Waals surface area contributed by atoms with Crippen molar-refractivity contribution in [2.45, 2.75) is 18.5 Å². The molecule has 0 aliphatic rings. The summed E-state index contributed by atoms with van der Waals surface area (Å²) in [5.41, 5.74) is 15.0. The van der Waals surface area contributed by atoms with Gasteiger partial charge in [0.25, 0.3) is 5.91 Å². The first kappa shape index (κ1) is 30.3. The zero-order valence-electron chi connectivity index (χ0n) is 24.0. The topological polar surface area (TPSA) is 158 Å².